The maximum Gasteiger partial charge on any atom is 0.407 e. The highest BCUT2D eigenvalue weighted by atomic mass is 16.5. The highest BCUT2D eigenvalue weighted by Crippen LogP contribution is 2.05. The normalized spacial score (nSPS) is 12.2. The smallest absolute Gasteiger partial charge is 0.407 e. The number of nitrogens with one attached hydrogen (secondary N) is 1. The van der Waals surface area contributed by atoms with Crippen molar-refractivity contribution in [1.29, 1.82) is 0 Å². The number of aliphatic carboxylic acids is 1. The van der Waals surface area contributed by atoms with E-state index in [1.165, 1.54) is 19.3 Å². The van der Waals surface area contributed by atoms with Crippen LogP contribution in [-0.2, 0) is 9.53 Å². The number of alkyl carbamates (subject to hydrolysis) is 1. The first-order valence-electron chi connectivity index (χ1n) is 7.15. The minimum Gasteiger partial charge on any atom is -0.480 e. The lowest BCUT2D eigenvalue weighted by atomic mass is 10.1. The zero-order valence-corrected chi connectivity index (χ0v) is 12.3. The number of rotatable bonds is 10. The fourth-order valence-corrected chi connectivity index (χ4v) is 1.73. The van der Waals surface area contributed by atoms with Gasteiger partial charge in [0.2, 0.25) is 0 Å². The summed E-state index contributed by atoms with van der Waals surface area (Å²) in [5.74, 6) is -1.20. The van der Waals surface area contributed by atoms with Crippen molar-refractivity contribution in [2.75, 3.05) is 6.61 Å². The Balaban J connectivity index is 3.66. The first kappa shape index (κ1) is 17.7. The summed E-state index contributed by atoms with van der Waals surface area (Å²) in [5, 5.41) is 11.3. The molecule has 0 heterocycles. The molecule has 0 aromatic heterocycles. The fraction of sp³-hybridized carbons (Fsp3) is 0.857. The summed E-state index contributed by atoms with van der Waals surface area (Å²) in [6.07, 6.45) is 6.06. The van der Waals surface area contributed by atoms with Gasteiger partial charge in [-0.3, -0.25) is 0 Å². The molecule has 0 rings (SSSR count). The van der Waals surface area contributed by atoms with Gasteiger partial charge in [0, 0.05) is 0 Å². The third kappa shape index (κ3) is 9.33. The maximum absolute atomic E-state index is 11.4. The molecule has 2 N–H and O–H groups in total. The molecule has 1 atom stereocenters. The molecule has 1 amide bonds. The Kier molecular flexibility index (Phi) is 9.94. The molecule has 0 saturated heterocycles. The second kappa shape index (κ2) is 10.6. The SMILES string of the molecule is CCCCCCCCOC(=O)NC(C(=O)O)C(C)C. The molecule has 0 aromatic rings. The molecule has 0 aliphatic rings. The molecule has 0 fully saturated rings. The van der Waals surface area contributed by atoms with E-state index in [0.29, 0.717) is 6.61 Å². The monoisotopic (exact) mass is 273 g/mol. The molecule has 1 unspecified atom stereocenters. The number of carboxylic acids is 1. The van der Waals surface area contributed by atoms with Crippen LogP contribution in [0.15, 0.2) is 0 Å². The average Bonchev–Trinajstić information content (AvgIpc) is 2.34. The molecular formula is C14H27NO4. The van der Waals surface area contributed by atoms with Gasteiger partial charge < -0.3 is 15.2 Å². The molecule has 0 bridgehead atoms. The summed E-state index contributed by atoms with van der Waals surface area (Å²) in [5.41, 5.74) is 0. The predicted molar refractivity (Wildman–Crippen MR) is 74.1 cm³/mol. The Morgan fingerprint density at radius 2 is 1.68 bits per heavy atom. The maximum atomic E-state index is 11.4. The van der Waals surface area contributed by atoms with Gasteiger partial charge in [0.05, 0.1) is 6.61 Å². The van der Waals surface area contributed by atoms with Crippen LogP contribution in [0.4, 0.5) is 4.79 Å². The van der Waals surface area contributed by atoms with Crippen molar-refractivity contribution in [3.8, 4) is 0 Å². The van der Waals surface area contributed by atoms with Crippen LogP contribution >= 0.6 is 0 Å². The van der Waals surface area contributed by atoms with Gasteiger partial charge in [-0.15, -0.1) is 0 Å². The molecule has 0 aliphatic heterocycles. The van der Waals surface area contributed by atoms with E-state index in [0.717, 1.165) is 19.3 Å². The Morgan fingerprint density at radius 3 is 2.21 bits per heavy atom. The van der Waals surface area contributed by atoms with Crippen molar-refractivity contribution in [2.24, 2.45) is 5.92 Å². The highest BCUT2D eigenvalue weighted by Gasteiger charge is 2.23. The van der Waals surface area contributed by atoms with Crippen LogP contribution in [0.25, 0.3) is 0 Å². The Hall–Kier alpha value is -1.26. The lowest BCUT2D eigenvalue weighted by Gasteiger charge is -2.17. The van der Waals surface area contributed by atoms with Crippen molar-refractivity contribution in [1.82, 2.24) is 5.32 Å². The first-order chi connectivity index (χ1) is 8.99. The largest absolute Gasteiger partial charge is 0.480 e. The van der Waals surface area contributed by atoms with Gasteiger partial charge in [-0.05, 0) is 12.3 Å². The Labute approximate surface area is 115 Å². The van der Waals surface area contributed by atoms with Crippen molar-refractivity contribution in [3.05, 3.63) is 0 Å². The highest BCUT2D eigenvalue weighted by molar-refractivity contribution is 5.80. The lowest BCUT2D eigenvalue weighted by molar-refractivity contribution is -0.140. The van der Waals surface area contributed by atoms with Crippen LogP contribution in [0.2, 0.25) is 0 Å². The summed E-state index contributed by atoms with van der Waals surface area (Å²) in [6.45, 7) is 6.00. The molecule has 0 spiro atoms. The van der Waals surface area contributed by atoms with Crippen LogP contribution in [0.1, 0.15) is 59.3 Å². The number of carboxylic acid groups (broad SMARTS) is 1. The van der Waals surface area contributed by atoms with Gasteiger partial charge in [-0.25, -0.2) is 9.59 Å². The zero-order chi connectivity index (χ0) is 14.7. The van der Waals surface area contributed by atoms with Crippen LogP contribution < -0.4 is 5.32 Å². The van der Waals surface area contributed by atoms with E-state index in [9.17, 15) is 9.59 Å². The molecule has 5 nitrogen and oxygen atoms in total. The minimum absolute atomic E-state index is 0.168. The van der Waals surface area contributed by atoms with E-state index in [2.05, 4.69) is 12.2 Å². The molecular weight excluding hydrogens is 246 g/mol. The standard InChI is InChI=1S/C14H27NO4/c1-4-5-6-7-8-9-10-19-14(18)15-12(11(2)3)13(16)17/h11-12H,4-10H2,1-3H3,(H,15,18)(H,16,17). The quantitative estimate of drug-likeness (QED) is 0.599. The van der Waals surface area contributed by atoms with Crippen molar-refractivity contribution in [2.45, 2.75) is 65.3 Å². The van der Waals surface area contributed by atoms with Gasteiger partial charge in [0.15, 0.2) is 0 Å². The van der Waals surface area contributed by atoms with Crippen molar-refractivity contribution in [3.63, 3.8) is 0 Å². The molecule has 0 saturated carbocycles. The summed E-state index contributed by atoms with van der Waals surface area (Å²) >= 11 is 0. The first-order valence-corrected chi connectivity index (χ1v) is 7.15. The third-order valence-electron chi connectivity index (χ3n) is 2.94. The molecule has 0 aliphatic carbocycles. The second-order valence-corrected chi connectivity index (χ2v) is 5.11. The summed E-state index contributed by atoms with van der Waals surface area (Å²) < 4.78 is 4.97. The van der Waals surface area contributed by atoms with E-state index in [1.807, 2.05) is 0 Å². The van der Waals surface area contributed by atoms with Crippen molar-refractivity contribution >= 4 is 12.1 Å². The van der Waals surface area contributed by atoms with Gasteiger partial charge in [-0.2, -0.15) is 0 Å². The second-order valence-electron chi connectivity index (χ2n) is 5.11. The van der Waals surface area contributed by atoms with Crippen molar-refractivity contribution < 1.29 is 19.4 Å². The van der Waals surface area contributed by atoms with Gasteiger partial charge in [-0.1, -0.05) is 52.9 Å². The number of carbonyl (C=O) groups excluding carboxylic acids is 1. The summed E-state index contributed by atoms with van der Waals surface area (Å²) in [4.78, 5) is 22.3. The van der Waals surface area contributed by atoms with Crippen LogP contribution in [0.3, 0.4) is 0 Å². The minimum atomic E-state index is -1.04. The number of unbranched alkanes of at least 4 members (excludes halogenated alkanes) is 5. The number of ether oxygens (including phenoxy) is 1. The number of carbonyl (C=O) groups is 2. The third-order valence-corrected chi connectivity index (χ3v) is 2.94. The fourth-order valence-electron chi connectivity index (χ4n) is 1.73. The number of hydrogen-bond acceptors (Lipinski definition) is 3. The summed E-state index contributed by atoms with van der Waals surface area (Å²) in [7, 11) is 0. The zero-order valence-electron chi connectivity index (χ0n) is 12.3. The van der Waals surface area contributed by atoms with E-state index in [-0.39, 0.29) is 5.92 Å². The van der Waals surface area contributed by atoms with E-state index < -0.39 is 18.1 Å². The van der Waals surface area contributed by atoms with Crippen LogP contribution in [0, 0.1) is 5.92 Å². The topological polar surface area (TPSA) is 75.6 Å². The van der Waals surface area contributed by atoms with Gasteiger partial charge >= 0.3 is 12.1 Å². The van der Waals surface area contributed by atoms with Gasteiger partial charge in [0.25, 0.3) is 0 Å². The van der Waals surface area contributed by atoms with Gasteiger partial charge in [0.1, 0.15) is 6.04 Å². The van der Waals surface area contributed by atoms with E-state index in [1.54, 1.807) is 13.8 Å². The Bertz CT molecular complexity index is 266. The Morgan fingerprint density at radius 1 is 1.11 bits per heavy atom. The molecule has 5 heteroatoms. The molecule has 19 heavy (non-hydrogen) atoms. The van der Waals surface area contributed by atoms with E-state index >= 15 is 0 Å². The number of hydrogen-bond donors (Lipinski definition) is 2. The van der Waals surface area contributed by atoms with E-state index in [4.69, 9.17) is 9.84 Å². The molecule has 0 aromatic carbocycles. The predicted octanol–water partition coefficient (Wildman–Crippen LogP) is 3.18. The number of amides is 1. The molecule has 0 radical (unpaired) electrons. The molecule has 112 valence electrons. The lowest BCUT2D eigenvalue weighted by Crippen LogP contribution is -2.44. The van der Waals surface area contributed by atoms with Crippen LogP contribution in [-0.4, -0.2) is 29.8 Å². The van der Waals surface area contributed by atoms with Crippen LogP contribution in [0.5, 0.6) is 0 Å². The average molecular weight is 273 g/mol. The summed E-state index contributed by atoms with van der Waals surface area (Å²) in [6, 6.07) is -0.892.